The van der Waals surface area contributed by atoms with Crippen molar-refractivity contribution < 1.29 is 0 Å². The predicted octanol–water partition coefficient (Wildman–Crippen LogP) is 2.67. The third-order valence-electron chi connectivity index (χ3n) is 1.50. The van der Waals surface area contributed by atoms with E-state index in [0.29, 0.717) is 4.58 Å². The van der Waals surface area contributed by atoms with Crippen LogP contribution in [0.5, 0.6) is 0 Å². The van der Waals surface area contributed by atoms with Gasteiger partial charge < -0.3 is 0 Å². The number of thioether (sulfide) groups is 2. The normalized spacial score (nSPS) is 39.0. The first-order chi connectivity index (χ1) is 5.16. The summed E-state index contributed by atoms with van der Waals surface area (Å²) in [5.41, 5.74) is 0. The molecule has 0 N–H and O–H groups in total. The maximum absolute atomic E-state index is 4.63. The van der Waals surface area contributed by atoms with Gasteiger partial charge in [0.05, 0.1) is 8.66 Å². The van der Waals surface area contributed by atoms with Gasteiger partial charge in [-0.3, -0.25) is 0 Å². The molecule has 0 aromatic heterocycles. The fraction of sp³-hybridized carbons (Fsp3) is 1.00. The Hall–Kier alpha value is 1.75. The highest BCUT2D eigenvalue weighted by Crippen LogP contribution is 2.44. The molecule has 2 atom stereocenters. The van der Waals surface area contributed by atoms with Gasteiger partial charge in [0, 0.05) is 11.5 Å². The molecule has 11 heavy (non-hydrogen) atoms. The quantitative estimate of drug-likeness (QED) is 0.639. The van der Waals surface area contributed by atoms with Gasteiger partial charge in [-0.2, -0.15) is 37.9 Å². The van der Waals surface area contributed by atoms with Crippen LogP contribution in [0, 0.1) is 0 Å². The van der Waals surface area contributed by atoms with E-state index in [4.69, 9.17) is 0 Å². The summed E-state index contributed by atoms with van der Waals surface area (Å²) < 4.78 is 0.659. The van der Waals surface area contributed by atoms with Crippen molar-refractivity contribution in [2.24, 2.45) is 0 Å². The Kier molecular flexibility index (Phi) is 4.76. The van der Waals surface area contributed by atoms with Gasteiger partial charge in [-0.25, -0.2) is 0 Å². The van der Waals surface area contributed by atoms with Crippen molar-refractivity contribution in [3.63, 3.8) is 0 Å². The molecule has 0 aromatic carbocycles. The van der Waals surface area contributed by atoms with E-state index in [1.165, 1.54) is 0 Å². The van der Waals surface area contributed by atoms with Crippen LogP contribution in [0.25, 0.3) is 0 Å². The fourth-order valence-corrected chi connectivity index (χ4v) is 5.00. The molecule has 0 aliphatic carbocycles. The van der Waals surface area contributed by atoms with Gasteiger partial charge in [0.2, 0.25) is 0 Å². The molecule has 2 unspecified atom stereocenters. The molecular weight excluding hydrogens is 232 g/mol. The molecule has 0 bridgehead atoms. The van der Waals surface area contributed by atoms with Crippen LogP contribution in [0.2, 0.25) is 0 Å². The van der Waals surface area contributed by atoms with E-state index in [1.54, 1.807) is 0 Å². The maximum Gasteiger partial charge on any atom is 0.0680 e. The van der Waals surface area contributed by atoms with Gasteiger partial charge in [-0.15, -0.1) is 23.5 Å². The largest absolute Gasteiger partial charge is 0.179 e. The van der Waals surface area contributed by atoms with Crippen LogP contribution in [0.15, 0.2) is 0 Å². The summed E-state index contributed by atoms with van der Waals surface area (Å²) in [5.74, 6) is 3.12. The number of hydrogen-bond donors (Lipinski definition) is 3. The molecule has 1 saturated heterocycles. The minimum atomic E-state index is 0.158. The topological polar surface area (TPSA) is 0 Å². The van der Waals surface area contributed by atoms with E-state index in [9.17, 15) is 0 Å². The second kappa shape index (κ2) is 4.84. The second-order valence-electron chi connectivity index (χ2n) is 2.50. The van der Waals surface area contributed by atoms with Gasteiger partial charge in [-0.1, -0.05) is 0 Å². The zero-order valence-corrected chi connectivity index (χ0v) is 10.4. The van der Waals surface area contributed by atoms with Gasteiger partial charge in [0.25, 0.3) is 0 Å². The zero-order chi connectivity index (χ0) is 8.32. The Bertz CT molecular complexity index is 118. The summed E-state index contributed by atoms with van der Waals surface area (Å²) >= 11 is 17.1. The molecule has 1 heterocycles. The van der Waals surface area contributed by atoms with Crippen LogP contribution >= 0.6 is 61.4 Å². The molecule has 1 aliphatic rings. The molecule has 0 aromatic rings. The first-order valence-corrected chi connectivity index (χ1v) is 7.06. The molecule has 1 fully saturated rings. The van der Waals surface area contributed by atoms with Crippen molar-refractivity contribution in [2.45, 2.75) is 15.1 Å². The van der Waals surface area contributed by atoms with Gasteiger partial charge in [0.15, 0.2) is 0 Å². The molecule has 0 amide bonds. The molecule has 5 heteroatoms. The number of thiol groups is 3. The number of rotatable bonds is 2. The molecule has 0 spiro atoms. The summed E-state index contributed by atoms with van der Waals surface area (Å²) in [5, 5.41) is 0. The first kappa shape index (κ1) is 10.8. The molecule has 1 rings (SSSR count). The molecule has 0 saturated carbocycles. The van der Waals surface area contributed by atoms with Crippen molar-refractivity contribution in [2.75, 3.05) is 17.3 Å². The van der Waals surface area contributed by atoms with Crippen molar-refractivity contribution in [3.8, 4) is 0 Å². The lowest BCUT2D eigenvalue weighted by Gasteiger charge is -2.33. The summed E-state index contributed by atoms with van der Waals surface area (Å²) in [7, 11) is 0. The zero-order valence-electron chi connectivity index (χ0n) is 6.06. The fourth-order valence-electron chi connectivity index (χ4n) is 0.862. The summed E-state index contributed by atoms with van der Waals surface area (Å²) in [4.78, 5) is 0. The van der Waals surface area contributed by atoms with E-state index in [2.05, 4.69) is 37.9 Å². The van der Waals surface area contributed by atoms with E-state index >= 15 is 0 Å². The van der Waals surface area contributed by atoms with E-state index in [1.807, 2.05) is 23.5 Å². The minimum Gasteiger partial charge on any atom is -0.179 e. The molecule has 0 nitrogen and oxygen atoms in total. The van der Waals surface area contributed by atoms with Crippen molar-refractivity contribution >= 4 is 61.4 Å². The standard InChI is InChI=1S/C6H12S5/c7-2-1-6(9)4-10-5(8)3-11-6/h5,7-9H,1-4H2. The smallest absolute Gasteiger partial charge is 0.0680 e. The van der Waals surface area contributed by atoms with Crippen molar-refractivity contribution in [3.05, 3.63) is 0 Å². The molecule has 66 valence electrons. The van der Waals surface area contributed by atoms with Crippen LogP contribution in [0.1, 0.15) is 6.42 Å². The summed E-state index contributed by atoms with van der Waals surface area (Å²) in [6.45, 7) is 0. The van der Waals surface area contributed by atoms with Crippen LogP contribution < -0.4 is 0 Å². The van der Waals surface area contributed by atoms with Crippen molar-refractivity contribution in [1.82, 2.24) is 0 Å². The highest BCUT2D eigenvalue weighted by Gasteiger charge is 2.31. The highest BCUT2D eigenvalue weighted by molar-refractivity contribution is 8.18. The monoisotopic (exact) mass is 244 g/mol. The number of hydrogen-bond acceptors (Lipinski definition) is 5. The summed E-state index contributed by atoms with van der Waals surface area (Å²) in [6, 6.07) is 0. The Balaban J connectivity index is 2.35. The van der Waals surface area contributed by atoms with Gasteiger partial charge in [0.1, 0.15) is 0 Å². The third kappa shape index (κ3) is 3.55. The van der Waals surface area contributed by atoms with E-state index in [0.717, 1.165) is 23.7 Å². The van der Waals surface area contributed by atoms with Gasteiger partial charge >= 0.3 is 0 Å². The lowest BCUT2D eigenvalue weighted by atomic mass is 10.3. The minimum absolute atomic E-state index is 0.158. The van der Waals surface area contributed by atoms with Gasteiger partial charge in [-0.05, 0) is 12.2 Å². The summed E-state index contributed by atoms with van der Waals surface area (Å²) in [6.07, 6.45) is 1.08. The van der Waals surface area contributed by atoms with Crippen LogP contribution in [-0.2, 0) is 0 Å². The third-order valence-corrected chi connectivity index (χ3v) is 6.57. The average molecular weight is 244 g/mol. The lowest BCUT2D eigenvalue weighted by Crippen LogP contribution is -2.28. The Morgan fingerprint density at radius 3 is 2.73 bits per heavy atom. The Labute approximate surface area is 93.3 Å². The van der Waals surface area contributed by atoms with E-state index < -0.39 is 0 Å². The van der Waals surface area contributed by atoms with Crippen LogP contribution in [0.3, 0.4) is 0 Å². The Morgan fingerprint density at radius 1 is 1.55 bits per heavy atom. The molecule has 0 radical (unpaired) electrons. The Morgan fingerprint density at radius 2 is 2.27 bits per heavy atom. The second-order valence-corrected chi connectivity index (χ2v) is 7.67. The first-order valence-electron chi connectivity index (χ1n) is 3.43. The van der Waals surface area contributed by atoms with Crippen LogP contribution in [0.4, 0.5) is 0 Å². The SMILES string of the molecule is SCCC1(S)CSC(S)CS1. The maximum atomic E-state index is 4.63. The molecule has 1 aliphatic heterocycles. The molecular formula is C6H12S5. The predicted molar refractivity (Wildman–Crippen MR) is 67.9 cm³/mol. The van der Waals surface area contributed by atoms with Crippen LogP contribution in [-0.4, -0.2) is 25.9 Å². The lowest BCUT2D eigenvalue weighted by molar-refractivity contribution is 0.870. The van der Waals surface area contributed by atoms with E-state index in [-0.39, 0.29) is 4.08 Å². The average Bonchev–Trinajstić information content (AvgIpc) is 1.97. The highest BCUT2D eigenvalue weighted by atomic mass is 32.2. The van der Waals surface area contributed by atoms with Crippen molar-refractivity contribution in [1.29, 1.82) is 0 Å².